The average molecular weight is 312 g/mol. The van der Waals surface area contributed by atoms with Crippen LogP contribution in [0, 0.1) is 5.92 Å². The minimum Gasteiger partial charge on any atom is -0.351 e. The third kappa shape index (κ3) is 5.59. The lowest BCUT2D eigenvalue weighted by Crippen LogP contribution is -2.23. The Labute approximate surface area is 135 Å². The normalized spacial score (nSPS) is 14.2. The molecule has 4 heteroatoms. The van der Waals surface area contributed by atoms with Crippen molar-refractivity contribution in [3.05, 3.63) is 10.6 Å². The van der Waals surface area contributed by atoms with Gasteiger partial charge >= 0.3 is 0 Å². The van der Waals surface area contributed by atoms with Crippen molar-refractivity contribution >= 4 is 16.5 Å². The third-order valence-corrected chi connectivity index (χ3v) is 5.30. The number of nitrogens with one attached hydrogen (secondary N) is 1. The molecule has 0 bridgehead atoms. The van der Waals surface area contributed by atoms with Gasteiger partial charge in [-0.1, -0.05) is 41.0 Å². The minimum absolute atomic E-state index is 0.547. The van der Waals surface area contributed by atoms with E-state index in [0.29, 0.717) is 11.8 Å². The fourth-order valence-electron chi connectivity index (χ4n) is 2.27. The van der Waals surface area contributed by atoms with Gasteiger partial charge in [-0.05, 0) is 31.2 Å². The van der Waals surface area contributed by atoms with Crippen molar-refractivity contribution < 1.29 is 0 Å². The van der Waals surface area contributed by atoms with Crippen LogP contribution in [0.5, 0.6) is 0 Å². The van der Waals surface area contributed by atoms with Crippen molar-refractivity contribution in [1.29, 1.82) is 0 Å². The highest BCUT2D eigenvalue weighted by Crippen LogP contribution is 2.32. The molecule has 1 heterocycles. The summed E-state index contributed by atoms with van der Waals surface area (Å²) < 4.78 is 0. The Kier molecular flexibility index (Phi) is 8.27. The van der Waals surface area contributed by atoms with E-state index in [1.807, 2.05) is 11.3 Å². The molecule has 122 valence electrons. The molecular formula is C17H33N3S. The van der Waals surface area contributed by atoms with E-state index in [9.17, 15) is 0 Å². The molecule has 1 N–H and O–H groups in total. The molecule has 0 aliphatic heterocycles. The van der Waals surface area contributed by atoms with Crippen LogP contribution in [-0.4, -0.2) is 25.1 Å². The highest BCUT2D eigenvalue weighted by atomic mass is 32.1. The highest BCUT2D eigenvalue weighted by Gasteiger charge is 2.18. The maximum atomic E-state index is 4.95. The lowest BCUT2D eigenvalue weighted by molar-refractivity contribution is 0.559. The molecule has 1 rings (SSSR count). The second kappa shape index (κ2) is 9.42. The van der Waals surface area contributed by atoms with Crippen LogP contribution in [0.3, 0.4) is 0 Å². The Bertz CT molecular complexity index is 403. The van der Waals surface area contributed by atoms with Gasteiger partial charge in [0.1, 0.15) is 0 Å². The van der Waals surface area contributed by atoms with Gasteiger partial charge in [0.15, 0.2) is 5.13 Å². The zero-order valence-electron chi connectivity index (χ0n) is 14.7. The van der Waals surface area contributed by atoms with E-state index < -0.39 is 0 Å². The van der Waals surface area contributed by atoms with Gasteiger partial charge in [-0.3, -0.25) is 0 Å². The Hall–Kier alpha value is -0.610. The van der Waals surface area contributed by atoms with Crippen LogP contribution >= 0.6 is 11.3 Å². The fourth-order valence-corrected chi connectivity index (χ4v) is 3.39. The smallest absolute Gasteiger partial charge is 0.185 e. The molecule has 1 aromatic rings. The first-order chi connectivity index (χ1) is 10.0. The van der Waals surface area contributed by atoms with Crippen molar-refractivity contribution in [3.63, 3.8) is 0 Å². The van der Waals surface area contributed by atoms with E-state index in [0.717, 1.165) is 26.1 Å². The van der Waals surface area contributed by atoms with Crippen LogP contribution in [0.25, 0.3) is 0 Å². The van der Waals surface area contributed by atoms with E-state index in [4.69, 9.17) is 4.98 Å². The second-order valence-electron chi connectivity index (χ2n) is 6.18. The van der Waals surface area contributed by atoms with Crippen molar-refractivity contribution in [1.82, 2.24) is 10.3 Å². The Morgan fingerprint density at radius 1 is 1.19 bits per heavy atom. The molecule has 0 aromatic carbocycles. The molecule has 1 aromatic heterocycles. The van der Waals surface area contributed by atoms with Gasteiger partial charge in [-0.25, -0.2) is 4.98 Å². The summed E-state index contributed by atoms with van der Waals surface area (Å²) in [6, 6.07) is 0. The lowest BCUT2D eigenvalue weighted by Gasteiger charge is -2.19. The standard InChI is InChI=1S/C17H33N3S/c1-7-10-18-11-15-16(14(5)9-3)19-17(21-15)20(6)12-13(4)8-2/h13-14,18H,7-12H2,1-6H3. The van der Waals surface area contributed by atoms with Gasteiger partial charge in [0, 0.05) is 25.0 Å². The SMILES string of the molecule is CCCNCc1sc(N(C)CC(C)CC)nc1C(C)CC. The van der Waals surface area contributed by atoms with Gasteiger partial charge in [-0.15, -0.1) is 11.3 Å². The van der Waals surface area contributed by atoms with Crippen LogP contribution in [0.2, 0.25) is 0 Å². The molecule has 2 unspecified atom stereocenters. The molecule has 0 saturated carbocycles. The van der Waals surface area contributed by atoms with E-state index in [1.165, 1.54) is 28.5 Å². The van der Waals surface area contributed by atoms with Crippen LogP contribution in [0.1, 0.15) is 70.4 Å². The topological polar surface area (TPSA) is 28.2 Å². The number of aromatic nitrogens is 1. The summed E-state index contributed by atoms with van der Waals surface area (Å²) in [5, 5.41) is 4.71. The number of thiazole rings is 1. The molecule has 0 saturated heterocycles. The number of rotatable bonds is 10. The first-order valence-electron chi connectivity index (χ1n) is 8.44. The Balaban J connectivity index is 2.85. The van der Waals surface area contributed by atoms with Crippen LogP contribution in [0.4, 0.5) is 5.13 Å². The number of hydrogen-bond acceptors (Lipinski definition) is 4. The van der Waals surface area contributed by atoms with Gasteiger partial charge in [0.25, 0.3) is 0 Å². The molecule has 0 aliphatic rings. The maximum absolute atomic E-state index is 4.95. The first-order valence-corrected chi connectivity index (χ1v) is 9.26. The maximum Gasteiger partial charge on any atom is 0.185 e. The largest absolute Gasteiger partial charge is 0.351 e. The zero-order chi connectivity index (χ0) is 15.8. The molecule has 0 spiro atoms. The average Bonchev–Trinajstić information content (AvgIpc) is 2.90. The molecule has 21 heavy (non-hydrogen) atoms. The van der Waals surface area contributed by atoms with Crippen LogP contribution in [0.15, 0.2) is 0 Å². The van der Waals surface area contributed by atoms with E-state index in [-0.39, 0.29) is 0 Å². The zero-order valence-corrected chi connectivity index (χ0v) is 15.5. The molecule has 0 radical (unpaired) electrons. The summed E-state index contributed by atoms with van der Waals surface area (Å²) in [4.78, 5) is 8.70. The lowest BCUT2D eigenvalue weighted by atomic mass is 10.0. The van der Waals surface area contributed by atoms with Gasteiger partial charge in [-0.2, -0.15) is 0 Å². The van der Waals surface area contributed by atoms with E-state index in [1.54, 1.807) is 0 Å². The fraction of sp³-hybridized carbons (Fsp3) is 0.824. The molecule has 2 atom stereocenters. The Morgan fingerprint density at radius 3 is 2.48 bits per heavy atom. The third-order valence-electron chi connectivity index (χ3n) is 4.12. The minimum atomic E-state index is 0.547. The van der Waals surface area contributed by atoms with E-state index >= 15 is 0 Å². The van der Waals surface area contributed by atoms with Crippen LogP contribution in [-0.2, 0) is 6.54 Å². The molecule has 0 amide bonds. The number of anilines is 1. The highest BCUT2D eigenvalue weighted by molar-refractivity contribution is 7.15. The van der Waals surface area contributed by atoms with E-state index in [2.05, 4.69) is 51.9 Å². The van der Waals surface area contributed by atoms with Crippen molar-refractivity contribution in [2.24, 2.45) is 5.92 Å². The first kappa shape index (κ1) is 18.4. The quantitative estimate of drug-likeness (QED) is 0.638. The monoisotopic (exact) mass is 311 g/mol. The predicted molar refractivity (Wildman–Crippen MR) is 95.5 cm³/mol. The molecule has 3 nitrogen and oxygen atoms in total. The van der Waals surface area contributed by atoms with Crippen LogP contribution < -0.4 is 10.2 Å². The predicted octanol–water partition coefficient (Wildman–Crippen LogP) is 4.64. The summed E-state index contributed by atoms with van der Waals surface area (Å²) in [5.74, 6) is 1.26. The summed E-state index contributed by atoms with van der Waals surface area (Å²) in [6.45, 7) is 14.4. The van der Waals surface area contributed by atoms with Gasteiger partial charge in [0.2, 0.25) is 0 Å². The summed E-state index contributed by atoms with van der Waals surface area (Å²) >= 11 is 1.87. The number of nitrogens with zero attached hydrogens (tertiary/aromatic N) is 2. The summed E-state index contributed by atoms with van der Waals surface area (Å²) in [5.41, 5.74) is 1.30. The number of hydrogen-bond donors (Lipinski definition) is 1. The Morgan fingerprint density at radius 2 is 1.90 bits per heavy atom. The van der Waals surface area contributed by atoms with Gasteiger partial charge < -0.3 is 10.2 Å². The molecule has 0 fully saturated rings. The van der Waals surface area contributed by atoms with Crippen molar-refractivity contribution in [3.8, 4) is 0 Å². The summed E-state index contributed by atoms with van der Waals surface area (Å²) in [6.07, 6.45) is 3.55. The van der Waals surface area contributed by atoms with Gasteiger partial charge in [0.05, 0.1) is 5.69 Å². The van der Waals surface area contributed by atoms with Crippen molar-refractivity contribution in [2.45, 2.75) is 66.3 Å². The molecular weight excluding hydrogens is 278 g/mol. The second-order valence-corrected chi connectivity index (χ2v) is 7.25. The van der Waals surface area contributed by atoms with Crippen molar-refractivity contribution in [2.75, 3.05) is 25.0 Å². The molecule has 0 aliphatic carbocycles. The summed E-state index contributed by atoms with van der Waals surface area (Å²) in [7, 11) is 2.18.